The number of ether oxygens (including phenoxy) is 1. The summed E-state index contributed by atoms with van der Waals surface area (Å²) in [5, 5.41) is 9.56. The third-order valence-electron chi connectivity index (χ3n) is 4.77. The molecule has 1 aliphatic rings. The van der Waals surface area contributed by atoms with Gasteiger partial charge in [0.15, 0.2) is 5.78 Å². The van der Waals surface area contributed by atoms with Gasteiger partial charge in [-0.05, 0) is 31.5 Å². The van der Waals surface area contributed by atoms with Crippen LogP contribution in [0.3, 0.4) is 0 Å². The highest BCUT2D eigenvalue weighted by atomic mass is 16.5. The van der Waals surface area contributed by atoms with E-state index >= 15 is 0 Å². The number of phenolic OH excluding ortho intramolecular Hbond substituents is 1. The quantitative estimate of drug-likeness (QED) is 0.745. The summed E-state index contributed by atoms with van der Waals surface area (Å²) in [6, 6.07) is 12.0. The number of phenols is 1. The van der Waals surface area contributed by atoms with Crippen LogP contribution < -0.4 is 4.74 Å². The second-order valence-electron chi connectivity index (χ2n) is 7.14. The van der Waals surface area contributed by atoms with Gasteiger partial charge in [0.1, 0.15) is 17.3 Å². The Morgan fingerprint density at radius 2 is 1.93 bits per heavy atom. The van der Waals surface area contributed by atoms with Crippen molar-refractivity contribution in [3.8, 4) is 11.5 Å². The summed E-state index contributed by atoms with van der Waals surface area (Å²) in [4.78, 5) is 37.7. The van der Waals surface area contributed by atoms with Crippen LogP contribution in [0.5, 0.6) is 11.5 Å². The molecular formula is C22H23NO5. The van der Waals surface area contributed by atoms with Crippen LogP contribution in [0.25, 0.3) is 0 Å². The van der Waals surface area contributed by atoms with E-state index in [1.807, 2.05) is 6.07 Å². The summed E-state index contributed by atoms with van der Waals surface area (Å²) < 4.78 is 5.58. The fourth-order valence-electron chi connectivity index (χ4n) is 3.38. The molecule has 0 aliphatic carbocycles. The topological polar surface area (TPSA) is 83.9 Å². The number of hydrogen-bond acceptors (Lipinski definition) is 5. The molecule has 6 heteroatoms. The zero-order chi connectivity index (χ0) is 20.3. The number of amides is 1. The number of hydrogen-bond donors (Lipinski definition) is 1. The first-order valence-corrected chi connectivity index (χ1v) is 9.16. The highest BCUT2D eigenvalue weighted by Gasteiger charge is 2.29. The molecule has 1 unspecified atom stereocenters. The fraction of sp³-hybridized carbons (Fsp3) is 0.318. The normalized spacial score (nSPS) is 14.9. The highest BCUT2D eigenvalue weighted by Crippen LogP contribution is 2.38. The second-order valence-corrected chi connectivity index (χ2v) is 7.14. The molecule has 0 aromatic heterocycles. The minimum Gasteiger partial charge on any atom is -0.508 e. The SMILES string of the molecule is CC(=O)CN(Cc1cccc(C(C)=O)c1)C(=O)CC1COc2cc(O)ccc21. The number of aromatic hydroxyl groups is 1. The molecule has 0 spiro atoms. The van der Waals surface area contributed by atoms with E-state index in [-0.39, 0.29) is 48.7 Å². The molecule has 28 heavy (non-hydrogen) atoms. The standard InChI is InChI=1S/C22H23NO5/c1-14(24)11-23(12-16-4-3-5-17(8-16)15(2)25)22(27)9-18-13-28-21-10-19(26)6-7-20(18)21/h3-8,10,18,26H,9,11-13H2,1-2H3. The van der Waals surface area contributed by atoms with E-state index in [1.54, 1.807) is 36.4 Å². The lowest BCUT2D eigenvalue weighted by Gasteiger charge is -2.23. The summed E-state index contributed by atoms with van der Waals surface area (Å²) in [6.07, 6.45) is 0.206. The Labute approximate surface area is 163 Å². The summed E-state index contributed by atoms with van der Waals surface area (Å²) in [5.41, 5.74) is 2.26. The van der Waals surface area contributed by atoms with Crippen LogP contribution in [0.15, 0.2) is 42.5 Å². The molecule has 6 nitrogen and oxygen atoms in total. The Morgan fingerprint density at radius 1 is 1.14 bits per heavy atom. The third-order valence-corrected chi connectivity index (χ3v) is 4.77. The van der Waals surface area contributed by atoms with E-state index in [1.165, 1.54) is 18.7 Å². The highest BCUT2D eigenvalue weighted by molar-refractivity contribution is 5.94. The van der Waals surface area contributed by atoms with Crippen LogP contribution in [-0.2, 0) is 16.1 Å². The lowest BCUT2D eigenvalue weighted by atomic mass is 9.97. The van der Waals surface area contributed by atoms with Crippen LogP contribution in [0.4, 0.5) is 0 Å². The molecule has 0 fully saturated rings. The molecule has 0 saturated heterocycles. The van der Waals surface area contributed by atoms with Gasteiger partial charge in [-0.25, -0.2) is 0 Å². The number of nitrogens with zero attached hydrogens (tertiary/aromatic N) is 1. The van der Waals surface area contributed by atoms with E-state index in [4.69, 9.17) is 4.74 Å². The lowest BCUT2D eigenvalue weighted by molar-refractivity contribution is -0.135. The van der Waals surface area contributed by atoms with Crippen molar-refractivity contribution in [1.82, 2.24) is 4.90 Å². The molecule has 3 rings (SSSR count). The molecule has 1 aliphatic heterocycles. The first kappa shape index (κ1) is 19.6. The van der Waals surface area contributed by atoms with Gasteiger partial charge < -0.3 is 14.7 Å². The molecule has 1 atom stereocenters. The Kier molecular flexibility index (Phi) is 5.78. The van der Waals surface area contributed by atoms with Crippen LogP contribution >= 0.6 is 0 Å². The van der Waals surface area contributed by atoms with Crippen LogP contribution in [0.1, 0.15) is 47.7 Å². The molecule has 2 aromatic carbocycles. The van der Waals surface area contributed by atoms with Crippen molar-refractivity contribution < 1.29 is 24.2 Å². The molecule has 0 radical (unpaired) electrons. The zero-order valence-corrected chi connectivity index (χ0v) is 16.0. The van der Waals surface area contributed by atoms with E-state index in [9.17, 15) is 19.5 Å². The summed E-state index contributed by atoms with van der Waals surface area (Å²) in [7, 11) is 0. The Balaban J connectivity index is 1.75. The maximum Gasteiger partial charge on any atom is 0.224 e. The Bertz CT molecular complexity index is 921. The van der Waals surface area contributed by atoms with Crippen molar-refractivity contribution in [2.75, 3.05) is 13.2 Å². The van der Waals surface area contributed by atoms with Crippen LogP contribution in [-0.4, -0.2) is 40.6 Å². The molecule has 1 N–H and O–H groups in total. The molecule has 0 bridgehead atoms. The first-order valence-electron chi connectivity index (χ1n) is 9.16. The Morgan fingerprint density at radius 3 is 2.64 bits per heavy atom. The zero-order valence-electron chi connectivity index (χ0n) is 16.0. The van der Waals surface area contributed by atoms with E-state index in [2.05, 4.69) is 0 Å². The van der Waals surface area contributed by atoms with Gasteiger partial charge in [0.2, 0.25) is 5.91 Å². The molecule has 0 saturated carbocycles. The van der Waals surface area contributed by atoms with E-state index in [0.29, 0.717) is 17.9 Å². The smallest absolute Gasteiger partial charge is 0.224 e. The number of ketones is 2. The maximum atomic E-state index is 12.9. The van der Waals surface area contributed by atoms with Gasteiger partial charge in [-0.2, -0.15) is 0 Å². The monoisotopic (exact) mass is 381 g/mol. The fourth-order valence-corrected chi connectivity index (χ4v) is 3.38. The molecule has 146 valence electrons. The van der Waals surface area contributed by atoms with Crippen molar-refractivity contribution in [1.29, 1.82) is 0 Å². The van der Waals surface area contributed by atoms with Gasteiger partial charge in [0, 0.05) is 36.1 Å². The minimum atomic E-state index is -0.155. The van der Waals surface area contributed by atoms with Crippen molar-refractivity contribution in [3.05, 3.63) is 59.2 Å². The summed E-state index contributed by atoms with van der Waals surface area (Å²) >= 11 is 0. The second kappa shape index (κ2) is 8.25. The predicted molar refractivity (Wildman–Crippen MR) is 104 cm³/mol. The van der Waals surface area contributed by atoms with Crippen molar-refractivity contribution in [2.24, 2.45) is 0 Å². The number of fused-ring (bicyclic) bond motifs is 1. The van der Waals surface area contributed by atoms with Crippen molar-refractivity contribution >= 4 is 17.5 Å². The third kappa shape index (κ3) is 4.57. The lowest BCUT2D eigenvalue weighted by Crippen LogP contribution is -2.35. The average molecular weight is 381 g/mol. The molecule has 1 heterocycles. The first-order chi connectivity index (χ1) is 13.3. The van der Waals surface area contributed by atoms with Crippen molar-refractivity contribution in [2.45, 2.75) is 32.7 Å². The van der Waals surface area contributed by atoms with Gasteiger partial charge >= 0.3 is 0 Å². The van der Waals surface area contributed by atoms with Gasteiger partial charge in [-0.1, -0.05) is 24.3 Å². The van der Waals surface area contributed by atoms with E-state index < -0.39 is 0 Å². The largest absolute Gasteiger partial charge is 0.508 e. The summed E-state index contributed by atoms with van der Waals surface area (Å²) in [5.74, 6) is 0.275. The average Bonchev–Trinajstić information content (AvgIpc) is 3.02. The van der Waals surface area contributed by atoms with Gasteiger partial charge in [0.25, 0.3) is 0 Å². The number of rotatable bonds is 7. The molecular weight excluding hydrogens is 358 g/mol. The molecule has 1 amide bonds. The van der Waals surface area contributed by atoms with Crippen molar-refractivity contribution in [3.63, 3.8) is 0 Å². The number of benzene rings is 2. The van der Waals surface area contributed by atoms with Gasteiger partial charge in [-0.15, -0.1) is 0 Å². The van der Waals surface area contributed by atoms with Crippen LogP contribution in [0, 0.1) is 0 Å². The van der Waals surface area contributed by atoms with Crippen LogP contribution in [0.2, 0.25) is 0 Å². The van der Waals surface area contributed by atoms with Gasteiger partial charge in [0.05, 0.1) is 13.2 Å². The number of Topliss-reactive ketones (excluding diaryl/α,β-unsaturated/α-hetero) is 2. The minimum absolute atomic E-state index is 0.0130. The van der Waals surface area contributed by atoms with E-state index in [0.717, 1.165) is 11.1 Å². The molecule has 2 aromatic rings. The predicted octanol–water partition coefficient (Wildman–Crippen LogP) is 3.08. The number of carbonyl (C=O) groups is 3. The number of carbonyl (C=O) groups excluding carboxylic acids is 3. The van der Waals surface area contributed by atoms with Gasteiger partial charge in [-0.3, -0.25) is 14.4 Å². The summed E-state index contributed by atoms with van der Waals surface area (Å²) in [6.45, 7) is 3.57. The maximum absolute atomic E-state index is 12.9. The Hall–Kier alpha value is -3.15.